The van der Waals surface area contributed by atoms with E-state index in [0.29, 0.717) is 44.5 Å². The molecule has 0 bridgehead atoms. The van der Waals surface area contributed by atoms with Gasteiger partial charge < -0.3 is 19.9 Å². The lowest BCUT2D eigenvalue weighted by molar-refractivity contribution is -0.133. The molecule has 5 rings (SSSR count). The Hall–Kier alpha value is -3.88. The second kappa shape index (κ2) is 9.29. The second-order valence-electron chi connectivity index (χ2n) is 9.81. The predicted molar refractivity (Wildman–Crippen MR) is 135 cm³/mol. The third kappa shape index (κ3) is 4.29. The molecule has 2 aliphatic heterocycles. The quantitative estimate of drug-likeness (QED) is 0.517. The number of hydrogen-bond donors (Lipinski definition) is 2. The topological polar surface area (TPSA) is 108 Å². The molecular weight excluding hydrogens is 458 g/mol. The summed E-state index contributed by atoms with van der Waals surface area (Å²) >= 11 is 0. The number of piperidine rings is 1. The van der Waals surface area contributed by atoms with E-state index in [0.717, 1.165) is 28.2 Å². The van der Waals surface area contributed by atoms with E-state index in [1.54, 1.807) is 13.2 Å². The number of aryl methyl sites for hydroxylation is 1. The van der Waals surface area contributed by atoms with Crippen LogP contribution < -0.4 is 10.1 Å². The van der Waals surface area contributed by atoms with Crippen LogP contribution in [0, 0.1) is 12.8 Å². The highest BCUT2D eigenvalue weighted by Crippen LogP contribution is 2.34. The van der Waals surface area contributed by atoms with E-state index in [1.807, 2.05) is 55.1 Å². The molecule has 4 amide bonds. The summed E-state index contributed by atoms with van der Waals surface area (Å²) in [5, 5.41) is 2.96. The van der Waals surface area contributed by atoms with Gasteiger partial charge in [0.1, 0.15) is 17.1 Å². The molecule has 2 saturated heterocycles. The number of rotatable bonds is 6. The van der Waals surface area contributed by atoms with E-state index in [9.17, 15) is 14.4 Å². The molecule has 0 aliphatic carbocycles. The summed E-state index contributed by atoms with van der Waals surface area (Å²) in [6, 6.07) is 12.8. The highest BCUT2D eigenvalue weighted by Gasteiger charge is 2.52. The molecule has 2 fully saturated rings. The first-order chi connectivity index (χ1) is 17.3. The fourth-order valence-corrected chi connectivity index (χ4v) is 5.34. The van der Waals surface area contributed by atoms with Crippen LogP contribution in [0.15, 0.2) is 42.5 Å². The van der Waals surface area contributed by atoms with Crippen LogP contribution >= 0.6 is 0 Å². The minimum absolute atomic E-state index is 0.0318. The zero-order valence-electron chi connectivity index (χ0n) is 20.8. The average molecular weight is 490 g/mol. The number of nitrogens with one attached hydrogen (secondary N) is 2. The van der Waals surface area contributed by atoms with Crippen LogP contribution in [0.3, 0.4) is 0 Å². The molecule has 9 nitrogen and oxygen atoms in total. The van der Waals surface area contributed by atoms with Crippen molar-refractivity contribution in [2.75, 3.05) is 26.7 Å². The first-order valence-electron chi connectivity index (χ1n) is 12.3. The van der Waals surface area contributed by atoms with Crippen LogP contribution in [-0.2, 0) is 11.2 Å². The van der Waals surface area contributed by atoms with E-state index >= 15 is 0 Å². The molecule has 3 heterocycles. The van der Waals surface area contributed by atoms with Gasteiger partial charge in [0.25, 0.3) is 11.8 Å². The number of benzene rings is 2. The van der Waals surface area contributed by atoms with Crippen molar-refractivity contribution in [3.63, 3.8) is 0 Å². The van der Waals surface area contributed by atoms with Crippen molar-refractivity contribution in [2.24, 2.45) is 5.92 Å². The lowest BCUT2D eigenvalue weighted by Crippen LogP contribution is -2.54. The van der Waals surface area contributed by atoms with Crippen molar-refractivity contribution >= 4 is 28.9 Å². The number of carbonyl (C=O) groups excluding carboxylic acids is 3. The molecule has 0 radical (unpaired) electrons. The number of carbonyl (C=O) groups is 3. The molecule has 2 aromatic carbocycles. The number of H-pyrrole nitrogens is 1. The van der Waals surface area contributed by atoms with E-state index in [1.165, 1.54) is 4.90 Å². The van der Waals surface area contributed by atoms with E-state index in [4.69, 9.17) is 4.74 Å². The van der Waals surface area contributed by atoms with Gasteiger partial charge >= 0.3 is 6.03 Å². The maximum absolute atomic E-state index is 13.4. The maximum atomic E-state index is 13.4. The summed E-state index contributed by atoms with van der Waals surface area (Å²) in [4.78, 5) is 49.9. The molecule has 36 heavy (non-hydrogen) atoms. The molecule has 188 valence electrons. The Labute approximate surface area is 209 Å². The molecular formula is C27H31N5O4. The molecule has 9 heteroatoms. The standard InChI is InChI=1S/C27H31N5O4/c1-17-28-22-9-6-19(16-23(22)29-17)24(33)31-13-11-20(12-14-31)27(2)25(34)32(26(35)30-27)15-10-18-4-7-21(36-3)8-5-18/h4-9,16,20H,10-15H2,1-3H3,(H,28,29)(H,30,35). The number of hydrogen-bond acceptors (Lipinski definition) is 5. The van der Waals surface area contributed by atoms with E-state index in [-0.39, 0.29) is 23.8 Å². The molecule has 1 aromatic heterocycles. The number of imide groups is 1. The fourth-order valence-electron chi connectivity index (χ4n) is 5.34. The number of likely N-dealkylation sites (tertiary alicyclic amines) is 1. The molecule has 1 unspecified atom stereocenters. The Morgan fingerprint density at radius 3 is 2.56 bits per heavy atom. The minimum atomic E-state index is -0.960. The lowest BCUT2D eigenvalue weighted by atomic mass is 9.78. The Bertz CT molecular complexity index is 1310. The van der Waals surface area contributed by atoms with Crippen molar-refractivity contribution < 1.29 is 19.1 Å². The van der Waals surface area contributed by atoms with Gasteiger partial charge in [-0.25, -0.2) is 9.78 Å². The Kier molecular flexibility index (Phi) is 6.15. The number of ether oxygens (including phenoxy) is 1. The number of aromatic amines is 1. The first kappa shape index (κ1) is 23.8. The summed E-state index contributed by atoms with van der Waals surface area (Å²) in [7, 11) is 1.62. The number of aromatic nitrogens is 2. The van der Waals surface area contributed by atoms with Gasteiger partial charge in [0.05, 0.1) is 18.1 Å². The first-order valence-corrected chi connectivity index (χ1v) is 12.3. The van der Waals surface area contributed by atoms with Gasteiger partial charge in [-0.1, -0.05) is 12.1 Å². The van der Waals surface area contributed by atoms with Gasteiger partial charge in [0.2, 0.25) is 0 Å². The van der Waals surface area contributed by atoms with Crippen molar-refractivity contribution in [3.05, 3.63) is 59.4 Å². The molecule has 0 spiro atoms. The van der Waals surface area contributed by atoms with Gasteiger partial charge in [0, 0.05) is 25.2 Å². The predicted octanol–water partition coefficient (Wildman–Crippen LogP) is 3.29. The SMILES string of the molecule is COc1ccc(CCN2C(=O)NC(C)(C3CCN(C(=O)c4ccc5nc(C)[nH]c5c4)CC3)C2=O)cc1. The van der Waals surface area contributed by atoms with Crippen molar-refractivity contribution in [2.45, 2.75) is 38.6 Å². The molecule has 0 saturated carbocycles. The van der Waals surface area contributed by atoms with Gasteiger partial charge in [-0.2, -0.15) is 0 Å². The number of methoxy groups -OCH3 is 1. The molecule has 3 aromatic rings. The minimum Gasteiger partial charge on any atom is -0.497 e. The third-order valence-corrected chi connectivity index (χ3v) is 7.53. The summed E-state index contributed by atoms with van der Waals surface area (Å²) in [6.07, 6.45) is 1.87. The summed E-state index contributed by atoms with van der Waals surface area (Å²) in [6.45, 7) is 5.09. The van der Waals surface area contributed by atoms with Crippen LogP contribution in [0.2, 0.25) is 0 Å². The maximum Gasteiger partial charge on any atom is 0.325 e. The Morgan fingerprint density at radius 1 is 1.14 bits per heavy atom. The van der Waals surface area contributed by atoms with Crippen molar-refractivity contribution in [1.29, 1.82) is 0 Å². The van der Waals surface area contributed by atoms with Gasteiger partial charge in [-0.15, -0.1) is 0 Å². The molecule has 2 aliphatic rings. The Morgan fingerprint density at radius 2 is 1.86 bits per heavy atom. The number of imidazole rings is 1. The van der Waals surface area contributed by atoms with Crippen LogP contribution in [0.25, 0.3) is 11.0 Å². The monoisotopic (exact) mass is 489 g/mol. The van der Waals surface area contributed by atoms with Crippen molar-refractivity contribution in [3.8, 4) is 5.75 Å². The van der Waals surface area contributed by atoms with Crippen LogP contribution in [0.5, 0.6) is 5.75 Å². The van der Waals surface area contributed by atoms with Crippen LogP contribution in [-0.4, -0.2) is 69.9 Å². The number of nitrogens with zero attached hydrogens (tertiary/aromatic N) is 3. The van der Waals surface area contributed by atoms with E-state index in [2.05, 4.69) is 15.3 Å². The number of urea groups is 1. The zero-order chi connectivity index (χ0) is 25.4. The van der Waals surface area contributed by atoms with Crippen molar-refractivity contribution in [1.82, 2.24) is 25.1 Å². The highest BCUT2D eigenvalue weighted by molar-refractivity contribution is 6.07. The van der Waals surface area contributed by atoms with Crippen LogP contribution in [0.4, 0.5) is 4.79 Å². The molecule has 1 atom stereocenters. The van der Waals surface area contributed by atoms with E-state index < -0.39 is 5.54 Å². The fraction of sp³-hybridized carbons (Fsp3) is 0.407. The normalized spacial score (nSPS) is 20.8. The molecule has 2 N–H and O–H groups in total. The zero-order valence-corrected chi connectivity index (χ0v) is 20.8. The number of fused-ring (bicyclic) bond motifs is 1. The second-order valence-corrected chi connectivity index (χ2v) is 9.81. The third-order valence-electron chi connectivity index (χ3n) is 7.53. The van der Waals surface area contributed by atoms with Crippen LogP contribution in [0.1, 0.15) is 41.5 Å². The largest absolute Gasteiger partial charge is 0.497 e. The number of amides is 4. The smallest absolute Gasteiger partial charge is 0.325 e. The van der Waals surface area contributed by atoms with Gasteiger partial charge in [-0.05, 0) is 74.9 Å². The van der Waals surface area contributed by atoms with Gasteiger partial charge in [0.15, 0.2) is 0 Å². The lowest BCUT2D eigenvalue weighted by Gasteiger charge is -2.39. The summed E-state index contributed by atoms with van der Waals surface area (Å²) in [5.41, 5.74) is 2.36. The van der Waals surface area contributed by atoms with Gasteiger partial charge in [-0.3, -0.25) is 14.5 Å². The highest BCUT2D eigenvalue weighted by atomic mass is 16.5. The summed E-state index contributed by atoms with van der Waals surface area (Å²) in [5.74, 6) is 1.32. The summed E-state index contributed by atoms with van der Waals surface area (Å²) < 4.78 is 5.18. The Balaban J connectivity index is 1.20. The average Bonchev–Trinajstić information content (AvgIpc) is 3.37.